The van der Waals surface area contributed by atoms with Crippen molar-refractivity contribution >= 4 is 55.5 Å². The van der Waals surface area contributed by atoms with Gasteiger partial charge < -0.3 is 0 Å². The number of para-hydroxylation sites is 3. The molecule has 1 aromatic heterocycles. The van der Waals surface area contributed by atoms with E-state index in [2.05, 4.69) is 273 Å². The minimum atomic E-state index is -0.604. The van der Waals surface area contributed by atoms with Crippen LogP contribution in [0.25, 0.3) is 94.8 Å². The van der Waals surface area contributed by atoms with Gasteiger partial charge in [0.2, 0.25) is 0 Å². The van der Waals surface area contributed by atoms with E-state index in [4.69, 9.17) is 4.98 Å². The first kappa shape index (κ1) is 42.5. The summed E-state index contributed by atoms with van der Waals surface area (Å²) < 4.78 is 2.30. The van der Waals surface area contributed by atoms with E-state index in [1.807, 2.05) is 0 Å². The Balaban J connectivity index is 1.15. The molecule has 1 heterocycles. The number of hydrogen-bond donors (Lipinski definition) is 0. The fourth-order valence-electron chi connectivity index (χ4n) is 12.3. The van der Waals surface area contributed by atoms with E-state index in [0.29, 0.717) is 0 Å². The molecule has 1 aliphatic rings. The molecule has 2 nitrogen and oxygen atoms in total. The number of fused-ring (bicyclic) bond motifs is 5. The highest BCUT2D eigenvalue weighted by Gasteiger charge is 2.46. The molecule has 1 aliphatic carbocycles. The number of imidazole rings is 1. The van der Waals surface area contributed by atoms with Crippen LogP contribution in [0.3, 0.4) is 0 Å². The van der Waals surface area contributed by atoms with E-state index in [1.54, 1.807) is 0 Å². The molecule has 0 radical (unpaired) electrons. The van der Waals surface area contributed by atoms with Gasteiger partial charge in [-0.05, 0) is 125 Å². The predicted molar refractivity (Wildman–Crippen MR) is 299 cm³/mol. The lowest BCUT2D eigenvalue weighted by Crippen LogP contribution is -2.46. The molecule has 0 aliphatic heterocycles. The van der Waals surface area contributed by atoms with Gasteiger partial charge in [0.25, 0.3) is 0 Å². The van der Waals surface area contributed by atoms with E-state index in [-0.39, 0.29) is 11.8 Å². The fourth-order valence-corrected chi connectivity index (χ4v) is 12.3. The maximum Gasteiger partial charge on any atom is 0.145 e. The number of hydrogen-bond acceptors (Lipinski definition) is 1. The highest BCUT2D eigenvalue weighted by atomic mass is 15.1. The van der Waals surface area contributed by atoms with Gasteiger partial charge in [-0.3, -0.25) is 4.57 Å². The van der Waals surface area contributed by atoms with Crippen LogP contribution in [0, 0.1) is 18.8 Å². The molecule has 2 heteroatoms. The maximum absolute atomic E-state index is 5.30. The summed E-state index contributed by atoms with van der Waals surface area (Å²) in [5, 5.41) is 10.2. The first-order chi connectivity index (χ1) is 35.1. The van der Waals surface area contributed by atoms with Crippen LogP contribution in [-0.4, -0.2) is 9.55 Å². The van der Waals surface area contributed by atoms with Crippen molar-refractivity contribution in [3.8, 4) is 39.3 Å². The van der Waals surface area contributed by atoms with Crippen molar-refractivity contribution < 1.29 is 0 Å². The quantitative estimate of drug-likeness (QED) is 0.132. The number of benzene rings is 11. The minimum Gasteiger partial charge on any atom is -0.292 e. The molecule has 0 fully saturated rings. The summed E-state index contributed by atoms with van der Waals surface area (Å²) in [4.78, 5) is 5.30. The SMILES string of the molecule is CCC1C=c2c(-c3cccc4ccccc34)c3cc(C)ccc3c(-c3cccc4ccccc34)c2=CC1C(c1ccccc1)(c1ccccc1)c1ccc(-c2nc3ccccc3n2-c2ccccc2)cc1. The van der Waals surface area contributed by atoms with E-state index in [0.717, 1.165) is 34.5 Å². The van der Waals surface area contributed by atoms with E-state index in [1.165, 1.54) is 87.3 Å². The monoisotopic (exact) mass is 908 g/mol. The summed E-state index contributed by atoms with van der Waals surface area (Å²) in [5.74, 6) is 1.08. The van der Waals surface area contributed by atoms with E-state index < -0.39 is 5.41 Å². The van der Waals surface area contributed by atoms with Crippen LogP contribution < -0.4 is 10.4 Å². The smallest absolute Gasteiger partial charge is 0.145 e. The first-order valence-electron chi connectivity index (χ1n) is 25.1. The highest BCUT2D eigenvalue weighted by Crippen LogP contribution is 2.51. The molecule has 0 amide bonds. The van der Waals surface area contributed by atoms with Crippen LogP contribution in [0.5, 0.6) is 0 Å². The Bertz CT molecular complexity index is 4040. The van der Waals surface area contributed by atoms with E-state index in [9.17, 15) is 0 Å². The van der Waals surface area contributed by atoms with Gasteiger partial charge in [0, 0.05) is 17.2 Å². The summed E-state index contributed by atoms with van der Waals surface area (Å²) in [6.07, 6.45) is 6.35. The van der Waals surface area contributed by atoms with Gasteiger partial charge in [0.05, 0.1) is 16.4 Å². The number of rotatable bonds is 9. The van der Waals surface area contributed by atoms with Crippen molar-refractivity contribution in [2.24, 2.45) is 11.8 Å². The number of aromatic nitrogens is 2. The van der Waals surface area contributed by atoms with Gasteiger partial charge in [0.1, 0.15) is 5.82 Å². The second-order valence-electron chi connectivity index (χ2n) is 19.3. The Morgan fingerprint density at radius 3 is 1.61 bits per heavy atom. The molecule has 12 aromatic rings. The van der Waals surface area contributed by atoms with Crippen LogP contribution in [0.2, 0.25) is 0 Å². The fraction of sp³-hybridized carbons (Fsp3) is 0.0870. The third-order valence-corrected chi connectivity index (χ3v) is 15.5. The lowest BCUT2D eigenvalue weighted by Gasteiger charge is -2.45. The van der Waals surface area contributed by atoms with Gasteiger partial charge in [-0.2, -0.15) is 0 Å². The molecule has 338 valence electrons. The zero-order valence-electron chi connectivity index (χ0n) is 40.0. The van der Waals surface area contributed by atoms with Crippen LogP contribution in [0.1, 0.15) is 35.6 Å². The predicted octanol–water partition coefficient (Wildman–Crippen LogP) is 16.0. The molecular weight excluding hydrogens is 857 g/mol. The summed E-state index contributed by atoms with van der Waals surface area (Å²) in [6.45, 7) is 4.63. The first-order valence-corrected chi connectivity index (χ1v) is 25.1. The molecule has 2 atom stereocenters. The third-order valence-electron chi connectivity index (χ3n) is 15.5. The molecule has 0 spiro atoms. The molecule has 0 saturated heterocycles. The number of nitrogens with zero attached hydrogens (tertiary/aromatic N) is 2. The van der Waals surface area contributed by atoms with Gasteiger partial charge >= 0.3 is 0 Å². The average Bonchev–Trinajstić information content (AvgIpc) is 3.83. The van der Waals surface area contributed by atoms with Gasteiger partial charge in [-0.15, -0.1) is 0 Å². The Kier molecular flexibility index (Phi) is 10.4. The van der Waals surface area contributed by atoms with Crippen LogP contribution in [-0.2, 0) is 5.41 Å². The second kappa shape index (κ2) is 17.4. The molecule has 0 bridgehead atoms. The zero-order valence-corrected chi connectivity index (χ0v) is 40.0. The molecule has 0 saturated carbocycles. The third kappa shape index (κ3) is 6.89. The van der Waals surface area contributed by atoms with Crippen LogP contribution in [0.15, 0.2) is 243 Å². The Morgan fingerprint density at radius 2 is 0.972 bits per heavy atom. The van der Waals surface area contributed by atoms with Crippen molar-refractivity contribution in [2.75, 3.05) is 0 Å². The summed E-state index contributed by atoms with van der Waals surface area (Å²) in [7, 11) is 0. The van der Waals surface area contributed by atoms with Crippen molar-refractivity contribution in [1.82, 2.24) is 9.55 Å². The largest absolute Gasteiger partial charge is 0.292 e. The van der Waals surface area contributed by atoms with Crippen LogP contribution in [0.4, 0.5) is 0 Å². The summed E-state index contributed by atoms with van der Waals surface area (Å²) in [6, 6.07) is 89.8. The average molecular weight is 909 g/mol. The van der Waals surface area contributed by atoms with E-state index >= 15 is 0 Å². The lowest BCUT2D eigenvalue weighted by molar-refractivity contribution is 0.376. The minimum absolute atomic E-state index is 0.00142. The van der Waals surface area contributed by atoms with Gasteiger partial charge in [0.15, 0.2) is 0 Å². The summed E-state index contributed by atoms with van der Waals surface area (Å²) >= 11 is 0. The molecular formula is C69H52N2. The Hall–Kier alpha value is -8.59. The van der Waals surface area contributed by atoms with Crippen molar-refractivity contribution in [3.63, 3.8) is 0 Å². The lowest BCUT2D eigenvalue weighted by atomic mass is 9.57. The zero-order chi connectivity index (χ0) is 47.5. The van der Waals surface area contributed by atoms with Crippen molar-refractivity contribution in [1.29, 1.82) is 0 Å². The normalized spacial score (nSPS) is 14.6. The second-order valence-corrected chi connectivity index (χ2v) is 19.3. The van der Waals surface area contributed by atoms with Gasteiger partial charge in [-0.1, -0.05) is 243 Å². The maximum atomic E-state index is 5.30. The van der Waals surface area contributed by atoms with Gasteiger partial charge in [-0.25, -0.2) is 4.98 Å². The number of aryl methyl sites for hydroxylation is 1. The highest BCUT2D eigenvalue weighted by molar-refractivity contribution is 6.13. The summed E-state index contributed by atoms with van der Waals surface area (Å²) in [5.41, 5.74) is 13.8. The van der Waals surface area contributed by atoms with Crippen molar-refractivity contribution in [2.45, 2.75) is 25.7 Å². The Morgan fingerprint density at radius 1 is 0.451 bits per heavy atom. The molecule has 11 aromatic carbocycles. The standard InChI is InChI=1S/C69H52N2/c1-3-47-44-61-62(66(57-33-19-23-48-21-13-15-31-55(48)57)59-42-37-46(2)43-60(59)67(61)58-34-20-24-49-22-14-16-32-56(49)58)45-63(47)69(51-25-7-4-8-26-51,52-27-9-5-10-28-52)53-40-38-50(39-41-53)68-70-64-35-17-18-36-65(64)71(68)54-29-11-6-12-30-54/h4-45,47,63H,3H2,1-2H3. The van der Waals surface area contributed by atoms with Crippen LogP contribution >= 0.6 is 0 Å². The molecule has 13 rings (SSSR count). The molecule has 0 N–H and O–H groups in total. The molecule has 71 heavy (non-hydrogen) atoms. The topological polar surface area (TPSA) is 17.8 Å². The van der Waals surface area contributed by atoms with Crippen molar-refractivity contribution in [3.05, 3.63) is 275 Å². The Labute approximate surface area is 415 Å². The molecule has 2 unspecified atom stereocenters.